The molecule has 2 fully saturated rings. The van der Waals surface area contributed by atoms with E-state index in [2.05, 4.69) is 45.4 Å². The van der Waals surface area contributed by atoms with E-state index in [0.29, 0.717) is 18.5 Å². The Kier molecular flexibility index (Phi) is 12.1. The Bertz CT molecular complexity index is 1350. The number of ether oxygens (including phenoxy) is 2. The quantitative estimate of drug-likeness (QED) is 0.125. The van der Waals surface area contributed by atoms with Crippen LogP contribution in [-0.4, -0.2) is 70.8 Å². The number of carbonyl (C=O) groups is 2. The zero-order chi connectivity index (χ0) is 31.4. The monoisotopic (exact) mass is 616 g/mol. The standard InChI is InChI=1S/C35H44N4O6/c40-25-27-10-12-28(13-11-27)32-22-31(24-39-20-18-38(19-21-39)23-26-6-2-1-3-7-26)44-35(45-32)29-14-16-30(17-15-29)36-33(41)8-4-5-9-34(42)37-43/h1-3,6-7,10-17,31-32,35,40,43H,4-5,8-9,18-25H2,(H,36,41)(H,37,42). The molecule has 3 atom stereocenters. The molecular formula is C35H44N4O6. The number of hydrogen-bond donors (Lipinski definition) is 4. The fourth-order valence-corrected chi connectivity index (χ4v) is 5.87. The minimum Gasteiger partial charge on any atom is -0.392 e. The Hall–Kier alpha value is -3.64. The highest BCUT2D eigenvalue weighted by Gasteiger charge is 2.33. The molecule has 2 heterocycles. The van der Waals surface area contributed by atoms with E-state index in [-0.39, 0.29) is 37.6 Å². The highest BCUT2D eigenvalue weighted by molar-refractivity contribution is 5.90. The summed E-state index contributed by atoms with van der Waals surface area (Å²) in [6.45, 7) is 5.78. The van der Waals surface area contributed by atoms with Gasteiger partial charge in [0.25, 0.3) is 0 Å². The number of hydrogen-bond acceptors (Lipinski definition) is 8. The van der Waals surface area contributed by atoms with Crippen LogP contribution >= 0.6 is 0 Å². The number of nitrogens with zero attached hydrogens (tertiary/aromatic N) is 2. The van der Waals surface area contributed by atoms with Crippen molar-refractivity contribution in [3.8, 4) is 0 Å². The van der Waals surface area contributed by atoms with Crippen LogP contribution in [0.1, 0.15) is 66.8 Å². The zero-order valence-corrected chi connectivity index (χ0v) is 25.6. The predicted octanol–water partition coefficient (Wildman–Crippen LogP) is 4.55. The largest absolute Gasteiger partial charge is 0.392 e. The predicted molar refractivity (Wildman–Crippen MR) is 170 cm³/mol. The molecule has 3 aromatic carbocycles. The number of unbranched alkanes of at least 4 members (excludes halogenated alkanes) is 1. The van der Waals surface area contributed by atoms with Gasteiger partial charge in [0, 0.05) is 69.8 Å². The molecule has 0 aliphatic carbocycles. The minimum atomic E-state index is -0.562. The van der Waals surface area contributed by atoms with Crippen LogP contribution in [0.2, 0.25) is 0 Å². The molecule has 0 aromatic heterocycles. The van der Waals surface area contributed by atoms with Gasteiger partial charge in [0.15, 0.2) is 6.29 Å². The summed E-state index contributed by atoms with van der Waals surface area (Å²) < 4.78 is 13.1. The van der Waals surface area contributed by atoms with Crippen molar-refractivity contribution < 1.29 is 29.4 Å². The first-order chi connectivity index (χ1) is 22.0. The molecular weight excluding hydrogens is 572 g/mol. The third-order valence-corrected chi connectivity index (χ3v) is 8.44. The second kappa shape index (κ2) is 16.6. The molecule has 0 radical (unpaired) electrons. The van der Waals surface area contributed by atoms with E-state index in [4.69, 9.17) is 14.7 Å². The Morgan fingerprint density at radius 3 is 2.07 bits per heavy atom. The molecule has 10 heteroatoms. The molecule has 4 N–H and O–H groups in total. The maximum absolute atomic E-state index is 12.4. The van der Waals surface area contributed by atoms with Crippen molar-refractivity contribution in [2.24, 2.45) is 0 Å². The SMILES string of the molecule is O=C(CCCCC(=O)Nc1ccc(C2OC(CN3CCN(Cc4ccccc4)CC3)CC(c3ccc(CO)cc3)O2)cc1)NO. The molecule has 3 unspecified atom stereocenters. The Morgan fingerprint density at radius 1 is 0.756 bits per heavy atom. The number of hydroxylamine groups is 1. The first-order valence-corrected chi connectivity index (χ1v) is 15.8. The van der Waals surface area contributed by atoms with Crippen molar-refractivity contribution in [2.75, 3.05) is 38.0 Å². The van der Waals surface area contributed by atoms with Gasteiger partial charge < -0.3 is 19.9 Å². The third kappa shape index (κ3) is 9.92. The summed E-state index contributed by atoms with van der Waals surface area (Å²) in [7, 11) is 0. The Labute approximate surface area is 264 Å². The smallest absolute Gasteiger partial charge is 0.243 e. The van der Waals surface area contributed by atoms with E-state index >= 15 is 0 Å². The van der Waals surface area contributed by atoms with Crippen LogP contribution < -0.4 is 10.8 Å². The second-order valence-corrected chi connectivity index (χ2v) is 11.8. The van der Waals surface area contributed by atoms with Crippen LogP contribution in [0.15, 0.2) is 78.9 Å². The highest BCUT2D eigenvalue weighted by Crippen LogP contribution is 2.38. The van der Waals surface area contributed by atoms with E-state index in [0.717, 1.165) is 62.4 Å². The minimum absolute atomic E-state index is 0.000170. The molecule has 2 aliphatic heterocycles. The lowest BCUT2D eigenvalue weighted by atomic mass is 9.99. The van der Waals surface area contributed by atoms with E-state index < -0.39 is 12.2 Å². The lowest BCUT2D eigenvalue weighted by molar-refractivity contribution is -0.253. The van der Waals surface area contributed by atoms with Crippen LogP contribution in [0.4, 0.5) is 5.69 Å². The molecule has 0 bridgehead atoms. The van der Waals surface area contributed by atoms with Gasteiger partial charge in [-0.2, -0.15) is 0 Å². The maximum Gasteiger partial charge on any atom is 0.243 e. The Morgan fingerprint density at radius 2 is 1.40 bits per heavy atom. The van der Waals surface area contributed by atoms with Gasteiger partial charge in [0.2, 0.25) is 11.8 Å². The summed E-state index contributed by atoms with van der Waals surface area (Å²) in [6, 6.07) is 26.0. The van der Waals surface area contributed by atoms with Crippen LogP contribution in [0.3, 0.4) is 0 Å². The van der Waals surface area contributed by atoms with E-state index in [9.17, 15) is 14.7 Å². The number of rotatable bonds is 13. The van der Waals surface area contributed by atoms with Crippen molar-refractivity contribution >= 4 is 17.5 Å². The average molecular weight is 617 g/mol. The van der Waals surface area contributed by atoms with Crippen molar-refractivity contribution in [3.05, 3.63) is 101 Å². The number of nitrogens with one attached hydrogen (secondary N) is 2. The molecule has 3 aromatic rings. The average Bonchev–Trinajstić information content (AvgIpc) is 3.08. The van der Waals surface area contributed by atoms with Crippen molar-refractivity contribution in [3.63, 3.8) is 0 Å². The second-order valence-electron chi connectivity index (χ2n) is 11.8. The molecule has 2 amide bonds. The topological polar surface area (TPSA) is 124 Å². The van der Waals surface area contributed by atoms with Crippen LogP contribution in [0.25, 0.3) is 0 Å². The van der Waals surface area contributed by atoms with Crippen molar-refractivity contribution in [1.29, 1.82) is 0 Å². The third-order valence-electron chi connectivity index (χ3n) is 8.44. The summed E-state index contributed by atoms with van der Waals surface area (Å²) in [5, 5.41) is 21.0. The van der Waals surface area contributed by atoms with Crippen LogP contribution in [0.5, 0.6) is 0 Å². The molecule has 240 valence electrons. The number of amides is 2. The summed E-state index contributed by atoms with van der Waals surface area (Å²) in [4.78, 5) is 28.5. The van der Waals surface area contributed by atoms with Crippen LogP contribution in [0, 0.1) is 0 Å². The van der Waals surface area contributed by atoms with Crippen molar-refractivity contribution in [2.45, 2.75) is 63.8 Å². The molecule has 2 aliphatic rings. The number of aliphatic hydroxyl groups excluding tert-OH is 1. The number of anilines is 1. The number of benzene rings is 3. The molecule has 5 rings (SSSR count). The van der Waals surface area contributed by atoms with Gasteiger partial charge in [0.05, 0.1) is 18.8 Å². The van der Waals surface area contributed by atoms with E-state index in [1.807, 2.05) is 48.5 Å². The van der Waals surface area contributed by atoms with Crippen LogP contribution in [-0.2, 0) is 32.2 Å². The first-order valence-electron chi connectivity index (χ1n) is 15.8. The maximum atomic E-state index is 12.4. The van der Waals surface area contributed by atoms with E-state index in [1.165, 1.54) is 5.56 Å². The molecule has 10 nitrogen and oxygen atoms in total. The van der Waals surface area contributed by atoms with Gasteiger partial charge in [-0.1, -0.05) is 66.7 Å². The number of aliphatic hydroxyl groups is 1. The fraction of sp³-hybridized carbons (Fsp3) is 0.429. The van der Waals surface area contributed by atoms with Crippen molar-refractivity contribution in [1.82, 2.24) is 15.3 Å². The van der Waals surface area contributed by atoms with Gasteiger partial charge in [-0.25, -0.2) is 5.48 Å². The van der Waals surface area contributed by atoms with Gasteiger partial charge in [-0.3, -0.25) is 24.6 Å². The van der Waals surface area contributed by atoms with Gasteiger partial charge in [-0.05, 0) is 41.7 Å². The van der Waals surface area contributed by atoms with E-state index in [1.54, 1.807) is 5.48 Å². The Balaban J connectivity index is 1.18. The zero-order valence-electron chi connectivity index (χ0n) is 25.6. The highest BCUT2D eigenvalue weighted by atomic mass is 16.7. The summed E-state index contributed by atoms with van der Waals surface area (Å²) >= 11 is 0. The first kappa shape index (κ1) is 32.7. The van der Waals surface area contributed by atoms with Gasteiger partial charge in [-0.15, -0.1) is 0 Å². The number of carbonyl (C=O) groups excluding carboxylic acids is 2. The lowest BCUT2D eigenvalue weighted by Gasteiger charge is -2.40. The summed E-state index contributed by atoms with van der Waals surface area (Å²) in [6.07, 6.45) is 1.51. The molecule has 45 heavy (non-hydrogen) atoms. The number of piperazine rings is 1. The van der Waals surface area contributed by atoms with Gasteiger partial charge in [0.1, 0.15) is 0 Å². The van der Waals surface area contributed by atoms with Gasteiger partial charge >= 0.3 is 0 Å². The summed E-state index contributed by atoms with van der Waals surface area (Å²) in [5.41, 5.74) is 6.40. The molecule has 0 saturated carbocycles. The fourth-order valence-electron chi connectivity index (χ4n) is 5.87. The lowest BCUT2D eigenvalue weighted by Crippen LogP contribution is -2.49. The normalized spacial score (nSPS) is 20.9. The molecule has 2 saturated heterocycles. The summed E-state index contributed by atoms with van der Waals surface area (Å²) in [5.74, 6) is -0.584. The molecule has 0 spiro atoms.